The van der Waals surface area contributed by atoms with Crippen molar-refractivity contribution in [2.45, 2.75) is 19.5 Å². The first-order valence-corrected chi connectivity index (χ1v) is 10.5. The molecule has 0 aliphatic rings. The fourth-order valence-corrected chi connectivity index (χ4v) is 3.37. The molecular formula is C25H25N5O2. The minimum absolute atomic E-state index is 0.112. The second-order valence-corrected chi connectivity index (χ2v) is 7.45. The first kappa shape index (κ1) is 21.1. The second kappa shape index (κ2) is 10.3. The molecule has 0 saturated carbocycles. The molecule has 4 aromatic rings. The number of para-hydroxylation sites is 3. The molecule has 0 spiro atoms. The number of aromatic nitrogens is 2. The van der Waals surface area contributed by atoms with Crippen LogP contribution in [-0.2, 0) is 17.9 Å². The van der Waals surface area contributed by atoms with Gasteiger partial charge < -0.3 is 20.5 Å². The number of fused-ring (bicyclic) bond motifs is 1. The highest BCUT2D eigenvalue weighted by atomic mass is 16.2. The van der Waals surface area contributed by atoms with E-state index in [0.717, 1.165) is 28.7 Å². The first-order chi connectivity index (χ1) is 15.7. The van der Waals surface area contributed by atoms with Crippen molar-refractivity contribution in [3.05, 3.63) is 96.3 Å². The topological polar surface area (TPSA) is 88.0 Å². The Bertz CT molecular complexity index is 1190. The number of hydrogen-bond acceptors (Lipinski definition) is 3. The van der Waals surface area contributed by atoms with E-state index in [0.29, 0.717) is 12.2 Å². The molecule has 7 nitrogen and oxygen atoms in total. The Hall–Kier alpha value is -4.13. The molecule has 1 aromatic heterocycles. The van der Waals surface area contributed by atoms with Crippen LogP contribution in [0.25, 0.3) is 11.0 Å². The quantitative estimate of drug-likeness (QED) is 0.398. The van der Waals surface area contributed by atoms with Gasteiger partial charge in [-0.3, -0.25) is 4.79 Å². The molecule has 0 aliphatic heterocycles. The predicted molar refractivity (Wildman–Crippen MR) is 125 cm³/mol. The monoisotopic (exact) mass is 427 g/mol. The number of amides is 3. The Morgan fingerprint density at radius 1 is 0.812 bits per heavy atom. The van der Waals surface area contributed by atoms with Crippen molar-refractivity contribution >= 4 is 28.7 Å². The van der Waals surface area contributed by atoms with Gasteiger partial charge in [0.15, 0.2) is 0 Å². The average molecular weight is 428 g/mol. The molecule has 0 radical (unpaired) electrons. The van der Waals surface area contributed by atoms with Crippen LogP contribution in [-0.4, -0.2) is 28.0 Å². The van der Waals surface area contributed by atoms with Crippen molar-refractivity contribution in [3.8, 4) is 0 Å². The zero-order chi connectivity index (χ0) is 22.2. The Morgan fingerprint density at radius 3 is 2.34 bits per heavy atom. The first-order valence-electron chi connectivity index (χ1n) is 10.5. The Balaban J connectivity index is 1.18. The van der Waals surface area contributed by atoms with E-state index in [1.165, 1.54) is 0 Å². The molecule has 3 aromatic carbocycles. The Labute approximate surface area is 186 Å². The summed E-state index contributed by atoms with van der Waals surface area (Å²) in [6.07, 6.45) is 2.07. The van der Waals surface area contributed by atoms with Gasteiger partial charge in [-0.2, -0.15) is 0 Å². The highest BCUT2D eigenvalue weighted by Crippen LogP contribution is 2.14. The van der Waals surface area contributed by atoms with Crippen molar-refractivity contribution in [3.63, 3.8) is 0 Å². The van der Waals surface area contributed by atoms with Crippen LogP contribution in [0.4, 0.5) is 10.5 Å². The predicted octanol–water partition coefficient (Wildman–Crippen LogP) is 3.91. The number of imidazole rings is 1. The molecule has 0 fully saturated rings. The fourth-order valence-electron chi connectivity index (χ4n) is 3.37. The lowest BCUT2D eigenvalue weighted by Gasteiger charge is -2.09. The number of hydrogen-bond donors (Lipinski definition) is 3. The van der Waals surface area contributed by atoms with E-state index < -0.39 is 0 Å². The summed E-state index contributed by atoms with van der Waals surface area (Å²) in [4.78, 5) is 28.3. The molecule has 3 amide bonds. The van der Waals surface area contributed by atoms with Gasteiger partial charge >= 0.3 is 6.03 Å². The summed E-state index contributed by atoms with van der Waals surface area (Å²) >= 11 is 0. The van der Waals surface area contributed by atoms with E-state index in [4.69, 9.17) is 0 Å². The molecule has 4 rings (SSSR count). The van der Waals surface area contributed by atoms with Crippen LogP contribution >= 0.6 is 0 Å². The van der Waals surface area contributed by atoms with Gasteiger partial charge in [0.25, 0.3) is 0 Å². The smallest absolute Gasteiger partial charge is 0.319 e. The highest BCUT2D eigenvalue weighted by molar-refractivity contribution is 5.89. The molecule has 32 heavy (non-hydrogen) atoms. The van der Waals surface area contributed by atoms with Crippen molar-refractivity contribution < 1.29 is 9.59 Å². The van der Waals surface area contributed by atoms with Crippen molar-refractivity contribution in [2.75, 3.05) is 11.9 Å². The van der Waals surface area contributed by atoms with E-state index in [1.54, 1.807) is 12.1 Å². The zero-order valence-corrected chi connectivity index (χ0v) is 17.6. The van der Waals surface area contributed by atoms with Crippen LogP contribution in [0.2, 0.25) is 0 Å². The van der Waals surface area contributed by atoms with Crippen molar-refractivity contribution in [2.24, 2.45) is 0 Å². The van der Waals surface area contributed by atoms with E-state index in [-0.39, 0.29) is 24.9 Å². The number of carbonyl (C=O) groups is 2. The molecule has 3 N–H and O–H groups in total. The maximum atomic E-state index is 12.1. The Kier molecular flexibility index (Phi) is 6.77. The second-order valence-electron chi connectivity index (χ2n) is 7.45. The number of nitrogens with zero attached hydrogens (tertiary/aromatic N) is 2. The molecule has 0 saturated heterocycles. The molecule has 0 atom stereocenters. The summed E-state index contributed by atoms with van der Waals surface area (Å²) in [7, 11) is 0. The number of anilines is 1. The molecule has 1 heterocycles. The van der Waals surface area contributed by atoms with Crippen molar-refractivity contribution in [1.29, 1.82) is 0 Å². The molecule has 0 aliphatic carbocycles. The summed E-state index contributed by atoms with van der Waals surface area (Å²) < 4.78 is 2.12. The number of benzene rings is 3. The summed E-state index contributed by atoms with van der Waals surface area (Å²) in [5.74, 6) is -0.112. The number of urea groups is 1. The maximum absolute atomic E-state index is 12.1. The summed E-state index contributed by atoms with van der Waals surface area (Å²) in [5, 5.41) is 8.29. The van der Waals surface area contributed by atoms with E-state index in [2.05, 4.69) is 43.7 Å². The van der Waals surface area contributed by atoms with Crippen LogP contribution in [0.3, 0.4) is 0 Å². The van der Waals surface area contributed by atoms with Gasteiger partial charge in [0.05, 0.1) is 17.4 Å². The van der Waals surface area contributed by atoms with Crippen molar-refractivity contribution in [1.82, 2.24) is 20.2 Å². The normalized spacial score (nSPS) is 10.6. The van der Waals surface area contributed by atoms with Gasteiger partial charge in [-0.1, -0.05) is 54.6 Å². The van der Waals surface area contributed by atoms with Gasteiger partial charge in [-0.05, 0) is 35.4 Å². The number of nitrogens with one attached hydrogen (secondary N) is 3. The van der Waals surface area contributed by atoms with Gasteiger partial charge in [0.2, 0.25) is 5.91 Å². The lowest BCUT2D eigenvalue weighted by atomic mass is 10.1. The lowest BCUT2D eigenvalue weighted by molar-refractivity contribution is -0.121. The van der Waals surface area contributed by atoms with Crippen LogP contribution in [0.15, 0.2) is 85.2 Å². The zero-order valence-electron chi connectivity index (χ0n) is 17.6. The standard InChI is InChI=1S/C25H25N5O2/c31-24(14-15-26-25(32)29-21-6-2-1-3-7-21)27-16-19-10-12-20(13-11-19)17-30-18-28-22-8-4-5-9-23(22)30/h1-13,18H,14-17H2,(H,27,31)(H2,26,29,32). The average Bonchev–Trinajstić information content (AvgIpc) is 3.22. The highest BCUT2D eigenvalue weighted by Gasteiger charge is 2.06. The molecule has 0 unspecified atom stereocenters. The fraction of sp³-hybridized carbons (Fsp3) is 0.160. The van der Waals surface area contributed by atoms with Gasteiger partial charge in [0, 0.05) is 31.7 Å². The maximum Gasteiger partial charge on any atom is 0.319 e. The van der Waals surface area contributed by atoms with Gasteiger partial charge in [0.1, 0.15) is 0 Å². The van der Waals surface area contributed by atoms with E-state index >= 15 is 0 Å². The largest absolute Gasteiger partial charge is 0.352 e. The SMILES string of the molecule is O=C(CCNC(=O)Nc1ccccc1)NCc1ccc(Cn2cnc3ccccc32)cc1. The van der Waals surface area contributed by atoms with Gasteiger partial charge in [-0.15, -0.1) is 0 Å². The Morgan fingerprint density at radius 2 is 1.53 bits per heavy atom. The minimum Gasteiger partial charge on any atom is -0.352 e. The molecule has 7 heteroatoms. The van der Waals surface area contributed by atoms with Crippen LogP contribution in [0.5, 0.6) is 0 Å². The third-order valence-corrected chi connectivity index (χ3v) is 5.06. The number of rotatable bonds is 8. The third kappa shape index (κ3) is 5.72. The molecule has 0 bridgehead atoms. The van der Waals surface area contributed by atoms with Crippen LogP contribution < -0.4 is 16.0 Å². The van der Waals surface area contributed by atoms with Gasteiger partial charge in [-0.25, -0.2) is 9.78 Å². The van der Waals surface area contributed by atoms with Crippen LogP contribution in [0.1, 0.15) is 17.5 Å². The third-order valence-electron chi connectivity index (χ3n) is 5.06. The van der Waals surface area contributed by atoms with Crippen LogP contribution in [0, 0.1) is 0 Å². The molecular weight excluding hydrogens is 402 g/mol. The summed E-state index contributed by atoms with van der Waals surface area (Å²) in [6, 6.07) is 25.0. The summed E-state index contributed by atoms with van der Waals surface area (Å²) in [6.45, 7) is 1.45. The minimum atomic E-state index is -0.328. The van der Waals surface area contributed by atoms with E-state index in [1.807, 2.05) is 54.9 Å². The summed E-state index contributed by atoms with van der Waals surface area (Å²) in [5.41, 5.74) is 4.98. The molecule has 162 valence electrons. The number of carbonyl (C=O) groups excluding carboxylic acids is 2. The van der Waals surface area contributed by atoms with E-state index in [9.17, 15) is 9.59 Å². The lowest BCUT2D eigenvalue weighted by Crippen LogP contribution is -2.33.